The summed E-state index contributed by atoms with van der Waals surface area (Å²) >= 11 is 6.36. The van der Waals surface area contributed by atoms with Gasteiger partial charge in [-0.05, 0) is 154 Å². The molecule has 7 atom stereocenters. The number of hydrogen-bond acceptors (Lipinski definition) is 7. The number of hydrogen-bond donors (Lipinski definition) is 2. The molecule has 4 aromatic rings. The van der Waals surface area contributed by atoms with E-state index in [1.165, 1.54) is 41.3 Å². The Morgan fingerprint density at radius 1 is 0.941 bits per heavy atom. The Balaban J connectivity index is 1.28. The van der Waals surface area contributed by atoms with Crippen molar-refractivity contribution in [3.63, 3.8) is 0 Å². The van der Waals surface area contributed by atoms with Gasteiger partial charge in [-0.2, -0.15) is 13.2 Å². The van der Waals surface area contributed by atoms with Gasteiger partial charge in [0.1, 0.15) is 17.6 Å². The predicted molar refractivity (Wildman–Crippen MR) is 246 cm³/mol. The van der Waals surface area contributed by atoms with Crippen LogP contribution in [0.25, 0.3) is 11.3 Å². The normalized spacial score (nSPS) is 25.9. The van der Waals surface area contributed by atoms with Gasteiger partial charge in [-0.25, -0.2) is 4.79 Å². The molecule has 1 heterocycles. The van der Waals surface area contributed by atoms with Gasteiger partial charge in [-0.15, -0.1) is 13.2 Å². The summed E-state index contributed by atoms with van der Waals surface area (Å²) in [7, 11) is 0. The average molecular weight is 973 g/mol. The van der Waals surface area contributed by atoms with Crippen molar-refractivity contribution in [3.05, 3.63) is 123 Å². The van der Waals surface area contributed by atoms with Crippen molar-refractivity contribution >= 4 is 23.5 Å². The highest BCUT2D eigenvalue weighted by atomic mass is 35.5. The minimum atomic E-state index is -4.90. The van der Waals surface area contributed by atoms with Crippen LogP contribution in [-0.2, 0) is 23.9 Å². The summed E-state index contributed by atoms with van der Waals surface area (Å²) in [6.07, 6.45) is -3.91. The summed E-state index contributed by atoms with van der Waals surface area (Å²) in [6.45, 7) is 9.96. The quantitative estimate of drug-likeness (QED) is 0.0925. The van der Waals surface area contributed by atoms with Crippen molar-refractivity contribution in [3.8, 4) is 17.1 Å². The molecule has 2 bridgehead atoms. The molecule has 1 amide bonds. The van der Waals surface area contributed by atoms with Crippen LogP contribution >= 0.6 is 11.6 Å². The summed E-state index contributed by atoms with van der Waals surface area (Å²) < 4.78 is 96.9. The highest BCUT2D eigenvalue weighted by Crippen LogP contribution is 2.59. The molecule has 8 rings (SSSR count). The van der Waals surface area contributed by atoms with Gasteiger partial charge in [0.05, 0.1) is 28.8 Å². The molecule has 0 aliphatic heterocycles. The molecule has 1 aromatic heterocycles. The van der Waals surface area contributed by atoms with Gasteiger partial charge in [-0.1, -0.05) is 81.6 Å². The monoisotopic (exact) mass is 971 g/mol. The molecular weight excluding hydrogens is 912 g/mol. The molecule has 2 saturated carbocycles. The lowest BCUT2D eigenvalue weighted by molar-refractivity contribution is -0.274. The molecule has 0 spiro atoms. The van der Waals surface area contributed by atoms with Crippen molar-refractivity contribution < 1.29 is 60.0 Å². The van der Waals surface area contributed by atoms with Crippen LogP contribution in [0.2, 0.25) is 5.02 Å². The zero-order valence-electron chi connectivity index (χ0n) is 39.0. The lowest BCUT2D eigenvalue weighted by Gasteiger charge is -2.46. The second-order valence-corrected chi connectivity index (χ2v) is 20.3. The Kier molecular flexibility index (Phi) is 15.2. The second kappa shape index (κ2) is 20.3. The Morgan fingerprint density at radius 3 is 2.37 bits per heavy atom. The number of aliphatic hydroxyl groups excluding tert-OH is 1. The van der Waals surface area contributed by atoms with Crippen LogP contribution in [0.4, 0.5) is 31.1 Å². The maximum absolute atomic E-state index is 14.8. The van der Waals surface area contributed by atoms with Crippen LogP contribution in [0.15, 0.2) is 88.9 Å². The first kappa shape index (κ1) is 51.1. The fourth-order valence-electron chi connectivity index (χ4n) is 10.8. The van der Waals surface area contributed by atoms with E-state index in [0.29, 0.717) is 61.1 Å². The summed E-state index contributed by atoms with van der Waals surface area (Å²) in [5.41, 5.74) is -0.568. The zero-order valence-corrected chi connectivity index (χ0v) is 39.7. The van der Waals surface area contributed by atoms with Gasteiger partial charge >= 0.3 is 18.6 Å². The van der Waals surface area contributed by atoms with E-state index in [2.05, 4.69) is 31.6 Å². The molecule has 7 unspecified atom stereocenters. The molecule has 4 aliphatic rings. The highest BCUT2D eigenvalue weighted by Gasteiger charge is 2.58. The summed E-state index contributed by atoms with van der Waals surface area (Å²) in [5.74, 6) is -1.02. The number of allylic oxidation sites excluding steroid dienone is 2. The van der Waals surface area contributed by atoms with Crippen molar-refractivity contribution in [1.29, 1.82) is 0 Å². The fraction of sp³-hybridized carbons (Fsp3) is 0.509. The van der Waals surface area contributed by atoms with E-state index >= 15 is 0 Å². The minimum Gasteiger partial charge on any atom is -0.453 e. The van der Waals surface area contributed by atoms with E-state index in [9.17, 15) is 46.1 Å². The number of rotatable bonds is 10. The molecule has 4 aliphatic carbocycles. The van der Waals surface area contributed by atoms with Gasteiger partial charge in [-0.3, -0.25) is 4.79 Å². The lowest BCUT2D eigenvalue weighted by Crippen LogP contribution is -2.54. The van der Waals surface area contributed by atoms with Crippen molar-refractivity contribution in [2.24, 2.45) is 23.2 Å². The number of benzene rings is 3. The molecule has 3 aromatic carbocycles. The van der Waals surface area contributed by atoms with Crippen molar-refractivity contribution in [1.82, 2.24) is 4.90 Å². The third-order valence-electron chi connectivity index (χ3n) is 14.8. The van der Waals surface area contributed by atoms with Crippen LogP contribution in [0.1, 0.15) is 137 Å². The molecule has 368 valence electrons. The van der Waals surface area contributed by atoms with Gasteiger partial charge in [0, 0.05) is 23.1 Å². The summed E-state index contributed by atoms with van der Waals surface area (Å²) in [5, 5.41) is 24.4. The number of nitrogens with zero attached hydrogens (tertiary/aromatic N) is 1. The van der Waals surface area contributed by atoms with Crippen molar-refractivity contribution in [2.45, 2.75) is 142 Å². The first-order valence-electron chi connectivity index (χ1n) is 23.4. The van der Waals surface area contributed by atoms with Crippen molar-refractivity contribution in [2.75, 3.05) is 6.54 Å². The van der Waals surface area contributed by atoms with E-state index in [1.54, 1.807) is 6.07 Å². The van der Waals surface area contributed by atoms with Gasteiger partial charge < -0.3 is 29.0 Å². The first-order chi connectivity index (χ1) is 31.9. The number of furan rings is 1. The third-order valence-corrected chi connectivity index (χ3v) is 15.1. The minimum absolute atomic E-state index is 0.00629. The molecule has 68 heavy (non-hydrogen) atoms. The maximum Gasteiger partial charge on any atom is 0.573 e. The SMILES string of the molecule is CC1=CCCC2(C)C(CCC2(O)CN(Cc2ccc(OC(F)(F)F)cc2)C(=O)OC2CC(C)CCC2C(C)C)c2ccc(cc2C(=O)c2ccc(-c3cc(C(F)(F)F)ccc3Cl)o2)CC(O)CC1. The van der Waals surface area contributed by atoms with E-state index in [4.69, 9.17) is 20.8 Å². The Hall–Kier alpha value is -4.79. The summed E-state index contributed by atoms with van der Waals surface area (Å²) in [6, 6.07) is 16.2. The molecular formula is C53H60ClF6NO7. The van der Waals surface area contributed by atoms with Crippen LogP contribution in [-0.4, -0.2) is 57.7 Å². The fourth-order valence-corrected chi connectivity index (χ4v) is 11.0. The number of halogens is 7. The number of carbonyl (C=O) groups excluding carboxylic acids is 2. The Bertz CT molecular complexity index is 2470. The van der Waals surface area contributed by atoms with E-state index < -0.39 is 64.9 Å². The largest absolute Gasteiger partial charge is 0.573 e. The van der Waals surface area contributed by atoms with E-state index in [0.717, 1.165) is 36.6 Å². The smallest absolute Gasteiger partial charge is 0.453 e. The number of ether oxygens (including phenoxy) is 2. The average Bonchev–Trinajstić information content (AvgIpc) is 3.84. The summed E-state index contributed by atoms with van der Waals surface area (Å²) in [4.78, 5) is 30.9. The predicted octanol–water partition coefficient (Wildman–Crippen LogP) is 13.9. The van der Waals surface area contributed by atoms with Gasteiger partial charge in [0.2, 0.25) is 5.78 Å². The zero-order chi connectivity index (χ0) is 49.3. The number of alkyl halides is 6. The third kappa shape index (κ3) is 11.6. The number of fused-ring (bicyclic) bond motifs is 8. The molecule has 0 radical (unpaired) electrons. The number of carbonyl (C=O) groups is 2. The highest BCUT2D eigenvalue weighted by molar-refractivity contribution is 6.33. The second-order valence-electron chi connectivity index (χ2n) is 19.9. The van der Waals surface area contributed by atoms with Crippen LogP contribution in [0, 0.1) is 23.2 Å². The maximum atomic E-state index is 14.8. The molecule has 0 saturated heterocycles. The molecule has 2 N–H and O–H groups in total. The Morgan fingerprint density at radius 2 is 1.68 bits per heavy atom. The van der Waals surface area contributed by atoms with Crippen LogP contribution in [0.5, 0.6) is 5.75 Å². The molecule has 2 fully saturated rings. The number of amides is 1. The number of ketones is 1. The van der Waals surface area contributed by atoms with Crippen LogP contribution < -0.4 is 4.74 Å². The van der Waals surface area contributed by atoms with Crippen LogP contribution in [0.3, 0.4) is 0 Å². The lowest BCUT2D eigenvalue weighted by atomic mass is 9.64. The number of aliphatic hydroxyl groups is 2. The molecule has 8 nitrogen and oxygen atoms in total. The van der Waals surface area contributed by atoms with E-state index in [1.807, 2.05) is 26.0 Å². The standard InChI is InChI=1S/C53H60ClF6NO7/c1-31(2)39-17-9-33(4)25-47(39)67-49(64)61(29-34-10-15-38(16-11-34)68-53(58,59)60)30-51(65)24-22-43-40-18-12-35(26-37(62)14-8-32(3)7-6-23-50(43,51)5)27-41(40)48(63)46-21-20-45(66-46)42-28-36(52(55,56)57)13-19-44(42)54/h7,10-13,15-16,18-21,27-28,31,33,37,39,43,47,62,65H,6,8-9,14,17,22-26,29-30H2,1-5H3. The molecule has 15 heteroatoms. The van der Waals surface area contributed by atoms with Gasteiger partial charge in [0.15, 0.2) is 5.76 Å². The van der Waals surface area contributed by atoms with E-state index in [-0.39, 0.29) is 65.4 Å². The first-order valence-corrected chi connectivity index (χ1v) is 23.8. The Labute approximate surface area is 398 Å². The topological polar surface area (TPSA) is 109 Å². The van der Waals surface area contributed by atoms with Gasteiger partial charge in [0.25, 0.3) is 0 Å².